The lowest BCUT2D eigenvalue weighted by atomic mass is 10.2. The van der Waals surface area contributed by atoms with E-state index in [1.165, 1.54) is 0 Å². The van der Waals surface area contributed by atoms with E-state index in [-0.39, 0.29) is 0 Å². The summed E-state index contributed by atoms with van der Waals surface area (Å²) in [5.74, 6) is 0.950. The molecule has 0 spiro atoms. The SMILES string of the molecule is Clc1ccc2oc(N3CCCNCC3)cc2c1. The Kier molecular flexibility index (Phi) is 2.95. The predicted octanol–water partition coefficient (Wildman–Crippen LogP) is 2.89. The Hall–Kier alpha value is -1.19. The van der Waals surface area contributed by atoms with Gasteiger partial charge in [-0.2, -0.15) is 0 Å². The van der Waals surface area contributed by atoms with Crippen molar-refractivity contribution in [3.63, 3.8) is 0 Å². The molecule has 90 valence electrons. The van der Waals surface area contributed by atoms with Crippen LogP contribution in [0.25, 0.3) is 11.0 Å². The molecule has 3 rings (SSSR count). The minimum atomic E-state index is 0.752. The van der Waals surface area contributed by atoms with E-state index in [2.05, 4.69) is 16.3 Å². The van der Waals surface area contributed by atoms with Gasteiger partial charge in [0.15, 0.2) is 5.88 Å². The molecule has 1 aromatic heterocycles. The summed E-state index contributed by atoms with van der Waals surface area (Å²) < 4.78 is 5.86. The van der Waals surface area contributed by atoms with E-state index in [9.17, 15) is 0 Å². The average molecular weight is 251 g/mol. The molecule has 2 aromatic rings. The molecule has 1 aliphatic heterocycles. The first-order chi connectivity index (χ1) is 8.33. The summed E-state index contributed by atoms with van der Waals surface area (Å²) >= 11 is 5.97. The minimum Gasteiger partial charge on any atom is -0.441 e. The van der Waals surface area contributed by atoms with E-state index in [1.807, 2.05) is 18.2 Å². The highest BCUT2D eigenvalue weighted by molar-refractivity contribution is 6.31. The molecule has 1 N–H and O–H groups in total. The largest absolute Gasteiger partial charge is 0.441 e. The third-order valence-corrected chi connectivity index (χ3v) is 3.35. The van der Waals surface area contributed by atoms with Crippen LogP contribution in [0, 0.1) is 0 Å². The smallest absolute Gasteiger partial charge is 0.196 e. The Morgan fingerprint density at radius 1 is 1.18 bits per heavy atom. The topological polar surface area (TPSA) is 28.4 Å². The molecule has 1 aliphatic rings. The van der Waals surface area contributed by atoms with Gasteiger partial charge in [0.05, 0.1) is 0 Å². The Balaban J connectivity index is 1.93. The van der Waals surface area contributed by atoms with Crippen molar-refractivity contribution in [3.05, 3.63) is 29.3 Å². The molecule has 0 saturated carbocycles. The molecule has 0 bridgehead atoms. The Morgan fingerprint density at radius 3 is 3.06 bits per heavy atom. The van der Waals surface area contributed by atoms with Crippen molar-refractivity contribution in [1.82, 2.24) is 5.32 Å². The fourth-order valence-electron chi connectivity index (χ4n) is 2.22. The van der Waals surface area contributed by atoms with Crippen molar-refractivity contribution in [2.24, 2.45) is 0 Å². The summed E-state index contributed by atoms with van der Waals surface area (Å²) in [6, 6.07) is 7.81. The summed E-state index contributed by atoms with van der Waals surface area (Å²) in [5.41, 5.74) is 0.904. The molecule has 1 aromatic carbocycles. The molecule has 0 unspecified atom stereocenters. The van der Waals surface area contributed by atoms with Crippen molar-refractivity contribution >= 4 is 28.5 Å². The first-order valence-corrected chi connectivity index (χ1v) is 6.35. The number of hydrogen-bond donors (Lipinski definition) is 1. The maximum absolute atomic E-state index is 5.97. The minimum absolute atomic E-state index is 0.752. The summed E-state index contributed by atoms with van der Waals surface area (Å²) in [6.45, 7) is 4.13. The molecule has 2 heterocycles. The van der Waals surface area contributed by atoms with Gasteiger partial charge >= 0.3 is 0 Å². The van der Waals surface area contributed by atoms with Gasteiger partial charge in [-0.05, 0) is 31.2 Å². The van der Waals surface area contributed by atoms with Crippen LogP contribution in [0.5, 0.6) is 0 Å². The van der Waals surface area contributed by atoms with Crippen LogP contribution >= 0.6 is 11.6 Å². The van der Waals surface area contributed by atoms with E-state index >= 15 is 0 Å². The fourth-order valence-corrected chi connectivity index (χ4v) is 2.40. The van der Waals surface area contributed by atoms with Crippen molar-refractivity contribution in [3.8, 4) is 0 Å². The van der Waals surface area contributed by atoms with Crippen LogP contribution in [0.3, 0.4) is 0 Å². The third-order valence-electron chi connectivity index (χ3n) is 3.12. The number of fused-ring (bicyclic) bond motifs is 1. The number of nitrogens with one attached hydrogen (secondary N) is 1. The van der Waals surface area contributed by atoms with Gasteiger partial charge in [0.25, 0.3) is 0 Å². The maximum atomic E-state index is 5.97. The molecule has 3 nitrogen and oxygen atoms in total. The molecular formula is C13H15ClN2O. The zero-order chi connectivity index (χ0) is 11.7. The highest BCUT2D eigenvalue weighted by Gasteiger charge is 2.13. The van der Waals surface area contributed by atoms with E-state index in [4.69, 9.17) is 16.0 Å². The summed E-state index contributed by atoms with van der Waals surface area (Å²) in [4.78, 5) is 2.29. The van der Waals surface area contributed by atoms with Gasteiger partial charge in [-0.15, -0.1) is 0 Å². The summed E-state index contributed by atoms with van der Waals surface area (Å²) in [7, 11) is 0. The van der Waals surface area contributed by atoms with Crippen molar-refractivity contribution < 1.29 is 4.42 Å². The van der Waals surface area contributed by atoms with Gasteiger partial charge < -0.3 is 14.6 Å². The Labute approximate surface area is 105 Å². The van der Waals surface area contributed by atoms with Gasteiger partial charge in [-0.25, -0.2) is 0 Å². The lowest BCUT2D eigenvalue weighted by molar-refractivity contribution is 0.584. The number of halogens is 1. The second-order valence-corrected chi connectivity index (χ2v) is 4.79. The highest BCUT2D eigenvalue weighted by atomic mass is 35.5. The normalized spacial score (nSPS) is 17.4. The van der Waals surface area contributed by atoms with E-state index in [1.54, 1.807) is 0 Å². The molecule has 17 heavy (non-hydrogen) atoms. The summed E-state index contributed by atoms with van der Waals surface area (Å²) in [5, 5.41) is 5.21. The van der Waals surface area contributed by atoms with Gasteiger partial charge in [-0.1, -0.05) is 11.6 Å². The molecule has 1 saturated heterocycles. The molecule has 1 fully saturated rings. The Bertz CT molecular complexity index is 515. The number of nitrogens with zero attached hydrogens (tertiary/aromatic N) is 1. The van der Waals surface area contributed by atoms with Crippen LogP contribution in [0.15, 0.2) is 28.7 Å². The summed E-state index contributed by atoms with van der Waals surface area (Å²) in [6.07, 6.45) is 1.15. The second-order valence-electron chi connectivity index (χ2n) is 4.36. The molecular weight excluding hydrogens is 236 g/mol. The van der Waals surface area contributed by atoms with Gasteiger partial charge in [0.2, 0.25) is 0 Å². The average Bonchev–Trinajstić information content (AvgIpc) is 2.57. The quantitative estimate of drug-likeness (QED) is 0.844. The van der Waals surface area contributed by atoms with Crippen molar-refractivity contribution in [1.29, 1.82) is 0 Å². The van der Waals surface area contributed by atoms with Crippen LogP contribution in [-0.2, 0) is 0 Å². The van der Waals surface area contributed by atoms with Crippen LogP contribution in [0.1, 0.15) is 6.42 Å². The van der Waals surface area contributed by atoms with E-state index in [0.717, 1.165) is 54.5 Å². The second kappa shape index (κ2) is 4.59. The van der Waals surface area contributed by atoms with Crippen molar-refractivity contribution in [2.75, 3.05) is 31.1 Å². The number of hydrogen-bond acceptors (Lipinski definition) is 3. The van der Waals surface area contributed by atoms with Crippen LogP contribution < -0.4 is 10.2 Å². The Morgan fingerprint density at radius 2 is 2.12 bits per heavy atom. The molecule has 0 aliphatic carbocycles. The zero-order valence-corrected chi connectivity index (χ0v) is 10.3. The predicted molar refractivity (Wildman–Crippen MR) is 70.9 cm³/mol. The third kappa shape index (κ3) is 2.26. The standard InChI is InChI=1S/C13H15ClN2O/c14-11-2-3-12-10(8-11)9-13(17-12)16-6-1-4-15-5-7-16/h2-3,8-9,15H,1,4-7H2. The van der Waals surface area contributed by atoms with Gasteiger partial charge in [0.1, 0.15) is 5.58 Å². The first kappa shape index (κ1) is 10.9. The van der Waals surface area contributed by atoms with Crippen molar-refractivity contribution in [2.45, 2.75) is 6.42 Å². The van der Waals surface area contributed by atoms with Crippen LogP contribution in [0.2, 0.25) is 5.02 Å². The monoisotopic (exact) mass is 250 g/mol. The van der Waals surface area contributed by atoms with Crippen LogP contribution in [0.4, 0.5) is 5.88 Å². The first-order valence-electron chi connectivity index (χ1n) is 5.98. The number of rotatable bonds is 1. The number of furan rings is 1. The zero-order valence-electron chi connectivity index (χ0n) is 9.58. The highest BCUT2D eigenvalue weighted by Crippen LogP contribution is 2.28. The van der Waals surface area contributed by atoms with Crippen LogP contribution in [-0.4, -0.2) is 26.2 Å². The van der Waals surface area contributed by atoms with Gasteiger partial charge in [-0.3, -0.25) is 0 Å². The lowest BCUT2D eigenvalue weighted by Crippen LogP contribution is -2.27. The molecule has 0 amide bonds. The number of benzene rings is 1. The number of anilines is 1. The maximum Gasteiger partial charge on any atom is 0.196 e. The fraction of sp³-hybridized carbons (Fsp3) is 0.385. The van der Waals surface area contributed by atoms with Gasteiger partial charge in [0, 0.05) is 36.1 Å². The molecule has 4 heteroatoms. The molecule has 0 radical (unpaired) electrons. The van der Waals surface area contributed by atoms with E-state index in [0.29, 0.717) is 0 Å². The van der Waals surface area contributed by atoms with E-state index < -0.39 is 0 Å². The lowest BCUT2D eigenvalue weighted by Gasteiger charge is -2.18. The molecule has 0 atom stereocenters.